The lowest BCUT2D eigenvalue weighted by Crippen LogP contribution is -2.50. The van der Waals surface area contributed by atoms with Crippen LogP contribution in [0.15, 0.2) is 47.4 Å². The second-order valence-electron chi connectivity index (χ2n) is 5.75. The summed E-state index contributed by atoms with van der Waals surface area (Å²) in [5.41, 5.74) is -1.20. The summed E-state index contributed by atoms with van der Waals surface area (Å²) in [5.74, 6) is -0.254. The normalized spacial score (nSPS) is 17.1. The van der Waals surface area contributed by atoms with Gasteiger partial charge in [-0.3, -0.25) is 4.79 Å². The fraction of sp³-hybridized carbons (Fsp3) is 0.353. The number of nitrogens with zero attached hydrogens (tertiary/aromatic N) is 2. The predicted molar refractivity (Wildman–Crippen MR) is 95.7 cm³/mol. The maximum absolute atomic E-state index is 13.0. The molecule has 0 aromatic heterocycles. The predicted octanol–water partition coefficient (Wildman–Crippen LogP) is 3.32. The number of hydrogen-bond donors (Lipinski definition) is 0. The Labute approximate surface area is 160 Å². The molecule has 1 saturated heterocycles. The largest absolute Gasteiger partial charge is 0.417 e. The van der Waals surface area contributed by atoms with Crippen molar-refractivity contribution in [1.29, 1.82) is 0 Å². The number of halogens is 4. The van der Waals surface area contributed by atoms with Crippen LogP contribution in [0, 0.1) is 0 Å². The lowest BCUT2D eigenvalue weighted by atomic mass is 10.2. The summed E-state index contributed by atoms with van der Waals surface area (Å²) < 4.78 is 65.3. The number of rotatable bonds is 4. The number of sulfonamides is 1. The molecule has 10 heteroatoms. The van der Waals surface area contributed by atoms with E-state index in [0.29, 0.717) is 6.07 Å². The van der Waals surface area contributed by atoms with Crippen molar-refractivity contribution < 1.29 is 26.4 Å². The molecule has 0 unspecified atom stereocenters. The van der Waals surface area contributed by atoms with Crippen molar-refractivity contribution in [1.82, 2.24) is 9.21 Å². The third-order valence-corrected chi connectivity index (χ3v) is 6.20. The molecule has 0 aliphatic carbocycles. The van der Waals surface area contributed by atoms with Crippen molar-refractivity contribution in [3.63, 3.8) is 0 Å². The van der Waals surface area contributed by atoms with E-state index in [1.54, 1.807) is 25.2 Å². The molecule has 0 bridgehead atoms. The number of amides is 1. The van der Waals surface area contributed by atoms with E-state index in [0.717, 1.165) is 16.4 Å². The number of alkyl halides is 3. The average Bonchev–Trinajstić information content (AvgIpc) is 2.61. The van der Waals surface area contributed by atoms with Crippen LogP contribution in [0.3, 0.4) is 0 Å². The van der Waals surface area contributed by atoms with Gasteiger partial charge in [0.05, 0.1) is 15.5 Å². The number of benzene rings is 1. The van der Waals surface area contributed by atoms with E-state index in [4.69, 9.17) is 11.6 Å². The van der Waals surface area contributed by atoms with Gasteiger partial charge in [-0.1, -0.05) is 29.8 Å². The zero-order chi connectivity index (χ0) is 20.2. The van der Waals surface area contributed by atoms with Gasteiger partial charge in [0.25, 0.3) is 0 Å². The first-order valence-electron chi connectivity index (χ1n) is 8.02. The molecule has 1 aromatic rings. The van der Waals surface area contributed by atoms with E-state index >= 15 is 0 Å². The van der Waals surface area contributed by atoms with Crippen molar-refractivity contribution in [2.24, 2.45) is 0 Å². The molecule has 2 rings (SSSR count). The number of allylic oxidation sites excluding steroid dienone is 3. The van der Waals surface area contributed by atoms with Gasteiger partial charge in [-0.2, -0.15) is 17.5 Å². The highest BCUT2D eigenvalue weighted by Crippen LogP contribution is 2.36. The molecule has 1 fully saturated rings. The van der Waals surface area contributed by atoms with Crippen LogP contribution in [0.2, 0.25) is 5.02 Å². The number of hydrogen-bond acceptors (Lipinski definition) is 3. The Morgan fingerprint density at radius 1 is 1.15 bits per heavy atom. The van der Waals surface area contributed by atoms with Gasteiger partial charge in [-0.05, 0) is 25.1 Å². The quantitative estimate of drug-likeness (QED) is 0.552. The molecule has 0 saturated carbocycles. The van der Waals surface area contributed by atoms with E-state index < -0.39 is 31.7 Å². The fourth-order valence-electron chi connectivity index (χ4n) is 2.53. The molecular formula is C17H18ClF3N2O3S. The van der Waals surface area contributed by atoms with E-state index in [1.807, 2.05) is 0 Å². The lowest BCUT2D eigenvalue weighted by molar-refractivity contribution is -0.137. The van der Waals surface area contributed by atoms with Crippen LogP contribution in [-0.4, -0.2) is 49.7 Å². The van der Waals surface area contributed by atoms with Crippen molar-refractivity contribution in [2.75, 3.05) is 26.2 Å². The molecule has 0 spiro atoms. The van der Waals surface area contributed by atoms with E-state index in [9.17, 15) is 26.4 Å². The van der Waals surface area contributed by atoms with Gasteiger partial charge >= 0.3 is 6.18 Å². The molecule has 1 aromatic carbocycles. The number of carbonyl (C=O) groups is 1. The fourth-order valence-corrected chi connectivity index (χ4v) is 4.21. The summed E-state index contributed by atoms with van der Waals surface area (Å²) in [4.78, 5) is 13.0. The summed E-state index contributed by atoms with van der Waals surface area (Å²) in [6, 6.07) is 2.50. The van der Waals surface area contributed by atoms with Gasteiger partial charge in [0.1, 0.15) is 0 Å². The summed E-state index contributed by atoms with van der Waals surface area (Å²) in [7, 11) is -4.12. The molecule has 148 valence electrons. The zero-order valence-corrected chi connectivity index (χ0v) is 16.0. The molecule has 0 radical (unpaired) electrons. The number of piperazine rings is 1. The van der Waals surface area contributed by atoms with Crippen LogP contribution < -0.4 is 0 Å². The summed E-state index contributed by atoms with van der Waals surface area (Å²) in [6.07, 6.45) is 1.65. The Morgan fingerprint density at radius 3 is 2.33 bits per heavy atom. The Kier molecular flexibility index (Phi) is 6.72. The smallest absolute Gasteiger partial charge is 0.337 e. The topological polar surface area (TPSA) is 57.7 Å². The third kappa shape index (κ3) is 5.12. The molecule has 0 N–H and O–H groups in total. The second-order valence-corrected chi connectivity index (χ2v) is 8.10. The summed E-state index contributed by atoms with van der Waals surface area (Å²) >= 11 is 5.54. The van der Waals surface area contributed by atoms with Gasteiger partial charge < -0.3 is 4.90 Å². The molecule has 1 heterocycles. The number of carbonyl (C=O) groups excluding carboxylic acids is 1. The van der Waals surface area contributed by atoms with Crippen molar-refractivity contribution in [3.8, 4) is 0 Å². The van der Waals surface area contributed by atoms with Gasteiger partial charge in [0.15, 0.2) is 0 Å². The van der Waals surface area contributed by atoms with Crippen LogP contribution in [0.5, 0.6) is 0 Å². The molecule has 5 nitrogen and oxygen atoms in total. The third-order valence-electron chi connectivity index (χ3n) is 3.97. The Balaban J connectivity index is 2.15. The van der Waals surface area contributed by atoms with Crippen LogP contribution in [0.25, 0.3) is 0 Å². The molecule has 1 amide bonds. The minimum atomic E-state index is -4.76. The van der Waals surface area contributed by atoms with Crippen LogP contribution >= 0.6 is 11.6 Å². The average molecular weight is 423 g/mol. The molecule has 1 aliphatic heterocycles. The van der Waals surface area contributed by atoms with Crippen molar-refractivity contribution in [2.45, 2.75) is 18.0 Å². The first-order chi connectivity index (χ1) is 12.6. The maximum Gasteiger partial charge on any atom is 0.417 e. The Hall–Kier alpha value is -1.84. The maximum atomic E-state index is 13.0. The zero-order valence-electron chi connectivity index (χ0n) is 14.4. The van der Waals surface area contributed by atoms with Gasteiger partial charge in [-0.15, -0.1) is 0 Å². The highest BCUT2D eigenvalue weighted by molar-refractivity contribution is 7.89. The monoisotopic (exact) mass is 422 g/mol. The highest BCUT2D eigenvalue weighted by Gasteiger charge is 2.36. The molecule has 1 aliphatic rings. The summed E-state index contributed by atoms with van der Waals surface area (Å²) in [6.45, 7) is 2.10. The summed E-state index contributed by atoms with van der Waals surface area (Å²) in [5, 5.41) is -0.565. The van der Waals surface area contributed by atoms with Gasteiger partial charge in [0.2, 0.25) is 15.9 Å². The van der Waals surface area contributed by atoms with Crippen LogP contribution in [0.4, 0.5) is 13.2 Å². The standard InChI is InChI=1S/C17H18ClF3N2O3S/c1-2-3-4-5-16(24)22-8-10-23(11-9-22)27(25,26)13-6-7-15(18)14(12-13)17(19,20)21/h2-7,12H,8-11H2,1H3/b3-2+,5-4+. The minimum absolute atomic E-state index is 0.00446. The Morgan fingerprint density at radius 2 is 1.78 bits per heavy atom. The SMILES string of the molecule is C/C=C/C=C/C(=O)N1CCN(S(=O)(=O)c2ccc(Cl)c(C(F)(F)F)c2)CC1. The van der Waals surface area contributed by atoms with E-state index in [1.165, 1.54) is 11.0 Å². The minimum Gasteiger partial charge on any atom is -0.337 e. The Bertz CT molecular complexity index is 859. The van der Waals surface area contributed by atoms with Crippen LogP contribution in [0.1, 0.15) is 12.5 Å². The van der Waals surface area contributed by atoms with Gasteiger partial charge in [-0.25, -0.2) is 8.42 Å². The van der Waals surface area contributed by atoms with Crippen LogP contribution in [-0.2, 0) is 21.0 Å². The molecule has 0 atom stereocenters. The first-order valence-corrected chi connectivity index (χ1v) is 9.84. The van der Waals surface area contributed by atoms with E-state index in [-0.39, 0.29) is 32.1 Å². The van der Waals surface area contributed by atoms with E-state index in [2.05, 4.69) is 0 Å². The van der Waals surface area contributed by atoms with Gasteiger partial charge in [0, 0.05) is 32.3 Å². The highest BCUT2D eigenvalue weighted by atomic mass is 35.5. The van der Waals surface area contributed by atoms with Crippen molar-refractivity contribution >= 4 is 27.5 Å². The first kappa shape index (κ1) is 21.5. The second kappa shape index (κ2) is 8.45. The molecule has 27 heavy (non-hydrogen) atoms. The lowest BCUT2D eigenvalue weighted by Gasteiger charge is -2.33. The van der Waals surface area contributed by atoms with Crippen molar-refractivity contribution in [3.05, 3.63) is 53.1 Å². The molecular weight excluding hydrogens is 405 g/mol.